The zero-order valence-electron chi connectivity index (χ0n) is 11.8. The summed E-state index contributed by atoms with van der Waals surface area (Å²) in [6, 6.07) is 0.107. The van der Waals surface area contributed by atoms with Crippen molar-refractivity contribution in [1.82, 2.24) is 21.3 Å². The molecule has 0 radical (unpaired) electrons. The maximum atomic E-state index is 12.5. The molecule has 5 heteroatoms. The fourth-order valence-corrected chi connectivity index (χ4v) is 3.28. The second kappa shape index (κ2) is 6.52. The van der Waals surface area contributed by atoms with Crippen LogP contribution < -0.4 is 16.3 Å². The first-order valence-electron chi connectivity index (χ1n) is 7.74. The Balaban J connectivity index is 1.60. The van der Waals surface area contributed by atoms with Crippen LogP contribution in [0.4, 0.5) is 0 Å². The Kier molecular flexibility index (Phi) is 4.50. The van der Waals surface area contributed by atoms with Crippen LogP contribution in [0.25, 0.3) is 0 Å². The Morgan fingerprint density at radius 2 is 2.00 bits per heavy atom. The Bertz CT molecular complexity index is 401. The highest BCUT2D eigenvalue weighted by atomic mass is 16.2. The maximum absolute atomic E-state index is 12.5. The second-order valence-corrected chi connectivity index (χ2v) is 5.87. The molecule has 2 aliphatic heterocycles. The van der Waals surface area contributed by atoms with E-state index < -0.39 is 0 Å². The van der Waals surface area contributed by atoms with Gasteiger partial charge >= 0.3 is 0 Å². The van der Waals surface area contributed by atoms with Gasteiger partial charge in [0.25, 0.3) is 5.91 Å². The van der Waals surface area contributed by atoms with Gasteiger partial charge in [-0.25, -0.2) is 15.9 Å². The van der Waals surface area contributed by atoms with Crippen LogP contribution in [0.3, 0.4) is 0 Å². The molecule has 0 aromatic heterocycles. The standard InChI is InChI=1S/C15H24N4O/c20-15(18-19-10-6-3-7-11-19)14-12-8-4-1-2-5-9-13(12)16-17-14/h1-2,5,9,12-14,16-17H,3-4,6-8,10-11H2,(H,18,20)/b2-1-,9-5-. The molecule has 3 unspecified atom stereocenters. The van der Waals surface area contributed by atoms with Gasteiger partial charge in [-0.2, -0.15) is 0 Å². The molecule has 3 aliphatic rings. The lowest BCUT2D eigenvalue weighted by atomic mass is 9.88. The van der Waals surface area contributed by atoms with E-state index in [0.717, 1.165) is 25.9 Å². The van der Waals surface area contributed by atoms with Gasteiger partial charge in [0.1, 0.15) is 6.04 Å². The minimum Gasteiger partial charge on any atom is -0.287 e. The summed E-state index contributed by atoms with van der Waals surface area (Å²) in [5.41, 5.74) is 9.50. The summed E-state index contributed by atoms with van der Waals surface area (Å²) in [6.45, 7) is 1.95. The summed E-state index contributed by atoms with van der Waals surface area (Å²) in [4.78, 5) is 12.5. The van der Waals surface area contributed by atoms with E-state index in [9.17, 15) is 4.79 Å². The van der Waals surface area contributed by atoms with Gasteiger partial charge in [0.2, 0.25) is 0 Å². The first-order chi connectivity index (χ1) is 9.84. The molecule has 0 aromatic carbocycles. The number of rotatable bonds is 2. The Labute approximate surface area is 120 Å². The maximum Gasteiger partial charge on any atom is 0.253 e. The van der Waals surface area contributed by atoms with Gasteiger partial charge in [-0.1, -0.05) is 30.7 Å². The Hall–Kier alpha value is -1.17. The fraction of sp³-hybridized carbons (Fsp3) is 0.667. The fourth-order valence-electron chi connectivity index (χ4n) is 3.28. The van der Waals surface area contributed by atoms with Crippen molar-refractivity contribution in [3.63, 3.8) is 0 Å². The van der Waals surface area contributed by atoms with E-state index >= 15 is 0 Å². The number of allylic oxidation sites excluding steroid dienone is 3. The van der Waals surface area contributed by atoms with E-state index in [1.165, 1.54) is 19.3 Å². The van der Waals surface area contributed by atoms with Gasteiger partial charge < -0.3 is 0 Å². The highest BCUT2D eigenvalue weighted by molar-refractivity contribution is 5.82. The summed E-state index contributed by atoms with van der Waals surface area (Å²) >= 11 is 0. The third-order valence-corrected chi connectivity index (χ3v) is 4.43. The molecule has 20 heavy (non-hydrogen) atoms. The van der Waals surface area contributed by atoms with Crippen molar-refractivity contribution < 1.29 is 4.79 Å². The first-order valence-corrected chi connectivity index (χ1v) is 7.74. The lowest BCUT2D eigenvalue weighted by Crippen LogP contribution is -2.53. The lowest BCUT2D eigenvalue weighted by Gasteiger charge is -2.29. The predicted octanol–water partition coefficient (Wildman–Crippen LogP) is 0.871. The molecule has 3 atom stereocenters. The van der Waals surface area contributed by atoms with Gasteiger partial charge in [0, 0.05) is 25.0 Å². The van der Waals surface area contributed by atoms with Crippen molar-refractivity contribution in [3.8, 4) is 0 Å². The van der Waals surface area contributed by atoms with Gasteiger partial charge in [0.05, 0.1) is 0 Å². The van der Waals surface area contributed by atoms with Crippen molar-refractivity contribution in [2.75, 3.05) is 13.1 Å². The Morgan fingerprint density at radius 1 is 1.15 bits per heavy atom. The highest BCUT2D eigenvalue weighted by Gasteiger charge is 2.38. The normalized spacial score (nSPS) is 37.5. The van der Waals surface area contributed by atoms with Crippen LogP contribution in [0.2, 0.25) is 0 Å². The smallest absolute Gasteiger partial charge is 0.253 e. The highest BCUT2D eigenvalue weighted by Crippen LogP contribution is 2.23. The van der Waals surface area contributed by atoms with Gasteiger partial charge in [0.15, 0.2) is 0 Å². The van der Waals surface area contributed by atoms with Gasteiger partial charge in [-0.15, -0.1) is 0 Å². The molecule has 3 rings (SSSR count). The van der Waals surface area contributed by atoms with Crippen LogP contribution in [0.15, 0.2) is 24.3 Å². The number of hydrazine groups is 2. The van der Waals surface area contributed by atoms with Crippen LogP contribution in [0.5, 0.6) is 0 Å². The lowest BCUT2D eigenvalue weighted by molar-refractivity contribution is -0.129. The molecule has 2 fully saturated rings. The number of carbonyl (C=O) groups is 1. The molecule has 2 saturated heterocycles. The SMILES string of the molecule is O=C(NN1CCCCC1)C1NNC2/C=C\C=C/CCC21. The summed E-state index contributed by atoms with van der Waals surface area (Å²) in [5.74, 6) is 0.422. The first kappa shape index (κ1) is 13.8. The van der Waals surface area contributed by atoms with Gasteiger partial charge in [-0.05, 0) is 25.7 Å². The molecule has 0 bridgehead atoms. The summed E-state index contributed by atoms with van der Waals surface area (Å²) in [5, 5.41) is 2.07. The predicted molar refractivity (Wildman–Crippen MR) is 78.4 cm³/mol. The van der Waals surface area contributed by atoms with E-state index in [1.54, 1.807) is 0 Å². The van der Waals surface area contributed by atoms with Crippen LogP contribution in [-0.2, 0) is 4.79 Å². The van der Waals surface area contributed by atoms with Crippen LogP contribution in [0, 0.1) is 5.92 Å². The number of hydrogen-bond acceptors (Lipinski definition) is 4. The number of amides is 1. The van der Waals surface area contributed by atoms with Crippen LogP contribution in [-0.4, -0.2) is 36.1 Å². The molecule has 0 saturated carbocycles. The molecule has 0 spiro atoms. The molecular formula is C15H24N4O. The minimum atomic E-state index is -0.141. The second-order valence-electron chi connectivity index (χ2n) is 5.87. The Morgan fingerprint density at radius 3 is 2.85 bits per heavy atom. The molecule has 5 nitrogen and oxygen atoms in total. The molecule has 110 valence electrons. The monoisotopic (exact) mass is 276 g/mol. The number of fused-ring (bicyclic) bond motifs is 1. The van der Waals surface area contributed by atoms with Crippen molar-refractivity contribution in [1.29, 1.82) is 0 Å². The number of hydrogen-bond donors (Lipinski definition) is 3. The topological polar surface area (TPSA) is 56.4 Å². The van der Waals surface area contributed by atoms with Crippen molar-refractivity contribution in [2.45, 2.75) is 44.2 Å². The quantitative estimate of drug-likeness (QED) is 0.700. The summed E-state index contributed by atoms with van der Waals surface area (Å²) < 4.78 is 0. The van der Waals surface area contributed by atoms with E-state index in [0.29, 0.717) is 5.92 Å². The van der Waals surface area contributed by atoms with E-state index in [1.807, 2.05) is 0 Å². The minimum absolute atomic E-state index is 0.102. The summed E-state index contributed by atoms with van der Waals surface area (Å²) in [6.07, 6.45) is 14.2. The molecule has 3 N–H and O–H groups in total. The van der Waals surface area contributed by atoms with Crippen molar-refractivity contribution >= 4 is 5.91 Å². The van der Waals surface area contributed by atoms with Crippen LogP contribution >= 0.6 is 0 Å². The molecule has 1 aliphatic carbocycles. The zero-order valence-corrected chi connectivity index (χ0v) is 11.8. The van der Waals surface area contributed by atoms with E-state index in [2.05, 4.69) is 45.6 Å². The largest absolute Gasteiger partial charge is 0.287 e. The number of piperidine rings is 1. The molecule has 1 amide bonds. The number of nitrogens with one attached hydrogen (secondary N) is 3. The number of carbonyl (C=O) groups excluding carboxylic acids is 1. The van der Waals surface area contributed by atoms with Gasteiger partial charge in [-0.3, -0.25) is 10.2 Å². The molecule has 0 aromatic rings. The molecule has 2 heterocycles. The summed E-state index contributed by atoms with van der Waals surface area (Å²) in [7, 11) is 0. The average Bonchev–Trinajstić information content (AvgIpc) is 2.82. The van der Waals surface area contributed by atoms with E-state index in [-0.39, 0.29) is 18.0 Å². The van der Waals surface area contributed by atoms with E-state index in [4.69, 9.17) is 0 Å². The van der Waals surface area contributed by atoms with Crippen LogP contribution in [0.1, 0.15) is 32.1 Å². The van der Waals surface area contributed by atoms with Crippen molar-refractivity contribution in [2.24, 2.45) is 5.92 Å². The third-order valence-electron chi connectivity index (χ3n) is 4.43. The third kappa shape index (κ3) is 3.11. The van der Waals surface area contributed by atoms with Crippen molar-refractivity contribution in [3.05, 3.63) is 24.3 Å². The number of nitrogens with zero attached hydrogens (tertiary/aromatic N) is 1. The average molecular weight is 276 g/mol. The molecular weight excluding hydrogens is 252 g/mol. The zero-order chi connectivity index (χ0) is 13.8.